The second kappa shape index (κ2) is 7.18. The first-order valence-corrected chi connectivity index (χ1v) is 7.63. The third-order valence-corrected chi connectivity index (χ3v) is 3.85. The number of amides is 1. The Bertz CT molecular complexity index is 710. The summed E-state index contributed by atoms with van der Waals surface area (Å²) < 4.78 is 10.5. The average molecular weight is 313 g/mol. The van der Waals surface area contributed by atoms with Gasteiger partial charge in [-0.25, -0.2) is 0 Å². The summed E-state index contributed by atoms with van der Waals surface area (Å²) in [6.07, 6.45) is 0. The van der Waals surface area contributed by atoms with Crippen molar-refractivity contribution in [3.05, 3.63) is 53.1 Å². The molecule has 0 radical (unpaired) electrons. The maximum absolute atomic E-state index is 12.9. The lowest BCUT2D eigenvalue weighted by Crippen LogP contribution is -2.31. The van der Waals surface area contributed by atoms with Crippen LogP contribution < -0.4 is 14.4 Å². The number of anilines is 1. The zero-order chi connectivity index (χ0) is 17.0. The normalized spacial score (nSPS) is 10.3. The molecule has 1 amide bonds. The van der Waals surface area contributed by atoms with Gasteiger partial charge in [0.2, 0.25) is 0 Å². The highest BCUT2D eigenvalue weighted by molar-refractivity contribution is 6.06. The molecule has 4 nitrogen and oxygen atoms in total. The number of nitrogens with zero attached hydrogens (tertiary/aromatic N) is 1. The molecule has 0 atom stereocenters. The highest BCUT2D eigenvalue weighted by atomic mass is 16.5. The van der Waals surface area contributed by atoms with Crippen molar-refractivity contribution in [3.8, 4) is 11.5 Å². The molecule has 0 saturated carbocycles. The van der Waals surface area contributed by atoms with E-state index < -0.39 is 0 Å². The maximum Gasteiger partial charge on any atom is 0.258 e. The quantitative estimate of drug-likeness (QED) is 0.838. The van der Waals surface area contributed by atoms with Gasteiger partial charge in [0.05, 0.1) is 14.2 Å². The van der Waals surface area contributed by atoms with Gasteiger partial charge in [0.15, 0.2) is 11.5 Å². The number of aryl methyl sites for hydroxylation is 2. The van der Waals surface area contributed by atoms with Crippen molar-refractivity contribution < 1.29 is 14.3 Å². The molecule has 0 aliphatic carbocycles. The minimum Gasteiger partial charge on any atom is -0.493 e. The lowest BCUT2D eigenvalue weighted by molar-refractivity contribution is 0.0987. The standard InChI is InChI=1S/C19H23NO3/c1-6-20(16-11-13(2)7-8-14(16)3)19(21)15-9-10-17(22-4)18(12-15)23-5/h7-12H,6H2,1-5H3. The van der Waals surface area contributed by atoms with Gasteiger partial charge in [-0.2, -0.15) is 0 Å². The molecule has 2 rings (SSSR count). The molecule has 122 valence electrons. The molecule has 0 heterocycles. The molecule has 0 aliphatic rings. The van der Waals surface area contributed by atoms with Crippen LogP contribution in [0.2, 0.25) is 0 Å². The predicted molar refractivity (Wildman–Crippen MR) is 92.8 cm³/mol. The van der Waals surface area contributed by atoms with E-state index in [9.17, 15) is 4.79 Å². The van der Waals surface area contributed by atoms with Crippen LogP contribution in [0.5, 0.6) is 11.5 Å². The molecule has 0 fully saturated rings. The van der Waals surface area contributed by atoms with Gasteiger partial charge in [0.1, 0.15) is 0 Å². The number of benzene rings is 2. The van der Waals surface area contributed by atoms with Crippen LogP contribution in [-0.4, -0.2) is 26.7 Å². The van der Waals surface area contributed by atoms with Crippen LogP contribution in [0.15, 0.2) is 36.4 Å². The van der Waals surface area contributed by atoms with E-state index >= 15 is 0 Å². The molecule has 0 aliphatic heterocycles. The summed E-state index contributed by atoms with van der Waals surface area (Å²) in [4.78, 5) is 14.7. The summed E-state index contributed by atoms with van der Waals surface area (Å²) in [6, 6.07) is 11.4. The van der Waals surface area contributed by atoms with Crippen molar-refractivity contribution in [1.82, 2.24) is 0 Å². The van der Waals surface area contributed by atoms with E-state index in [-0.39, 0.29) is 5.91 Å². The van der Waals surface area contributed by atoms with Crippen molar-refractivity contribution in [2.24, 2.45) is 0 Å². The summed E-state index contributed by atoms with van der Waals surface area (Å²) >= 11 is 0. The SMILES string of the molecule is CCN(C(=O)c1ccc(OC)c(OC)c1)c1cc(C)ccc1C. The van der Waals surface area contributed by atoms with Crippen LogP contribution in [0.4, 0.5) is 5.69 Å². The maximum atomic E-state index is 12.9. The fourth-order valence-corrected chi connectivity index (χ4v) is 2.56. The Morgan fingerprint density at radius 3 is 2.30 bits per heavy atom. The fraction of sp³-hybridized carbons (Fsp3) is 0.316. The Labute approximate surface area is 137 Å². The van der Waals surface area contributed by atoms with E-state index in [2.05, 4.69) is 0 Å². The van der Waals surface area contributed by atoms with Crippen LogP contribution >= 0.6 is 0 Å². The summed E-state index contributed by atoms with van der Waals surface area (Å²) in [5.74, 6) is 1.11. The van der Waals surface area contributed by atoms with Crippen LogP contribution in [0.25, 0.3) is 0 Å². The first-order valence-electron chi connectivity index (χ1n) is 7.63. The number of carbonyl (C=O) groups is 1. The molecule has 0 N–H and O–H groups in total. The third-order valence-electron chi connectivity index (χ3n) is 3.85. The molecule has 0 unspecified atom stereocenters. The van der Waals surface area contributed by atoms with Gasteiger partial charge in [-0.05, 0) is 56.2 Å². The smallest absolute Gasteiger partial charge is 0.258 e. The number of rotatable bonds is 5. The zero-order valence-corrected chi connectivity index (χ0v) is 14.3. The Kier molecular flexibility index (Phi) is 5.27. The Hall–Kier alpha value is -2.49. The molecule has 2 aromatic rings. The lowest BCUT2D eigenvalue weighted by Gasteiger charge is -2.24. The lowest BCUT2D eigenvalue weighted by atomic mass is 10.1. The number of carbonyl (C=O) groups excluding carboxylic acids is 1. The van der Waals surface area contributed by atoms with Gasteiger partial charge in [-0.15, -0.1) is 0 Å². The van der Waals surface area contributed by atoms with E-state index in [0.717, 1.165) is 16.8 Å². The predicted octanol–water partition coefficient (Wildman–Crippen LogP) is 3.99. The van der Waals surface area contributed by atoms with Crippen LogP contribution in [0, 0.1) is 13.8 Å². The minimum atomic E-state index is -0.0536. The summed E-state index contributed by atoms with van der Waals surface area (Å²) in [6.45, 7) is 6.61. The van der Waals surface area contributed by atoms with Crippen LogP contribution in [0.3, 0.4) is 0 Å². The Balaban J connectivity index is 2.42. The first kappa shape index (κ1) is 16.9. The van der Waals surface area contributed by atoms with E-state index in [0.29, 0.717) is 23.6 Å². The largest absolute Gasteiger partial charge is 0.493 e. The zero-order valence-electron chi connectivity index (χ0n) is 14.3. The second-order valence-electron chi connectivity index (χ2n) is 5.41. The number of methoxy groups -OCH3 is 2. The summed E-state index contributed by atoms with van der Waals surface area (Å²) in [5.41, 5.74) is 3.72. The van der Waals surface area contributed by atoms with Crippen molar-refractivity contribution in [1.29, 1.82) is 0 Å². The minimum absolute atomic E-state index is 0.0536. The van der Waals surface area contributed by atoms with Gasteiger partial charge in [-0.1, -0.05) is 12.1 Å². The average Bonchev–Trinajstić information content (AvgIpc) is 2.57. The Morgan fingerprint density at radius 1 is 1.00 bits per heavy atom. The molecule has 23 heavy (non-hydrogen) atoms. The second-order valence-corrected chi connectivity index (χ2v) is 5.41. The van der Waals surface area contributed by atoms with Crippen molar-refractivity contribution >= 4 is 11.6 Å². The fourth-order valence-electron chi connectivity index (χ4n) is 2.56. The third kappa shape index (κ3) is 3.47. The summed E-state index contributed by atoms with van der Waals surface area (Å²) in [5, 5.41) is 0. The van der Waals surface area contributed by atoms with Crippen molar-refractivity contribution in [2.75, 3.05) is 25.7 Å². The highest BCUT2D eigenvalue weighted by Gasteiger charge is 2.19. The first-order chi connectivity index (χ1) is 11.0. The van der Waals surface area contributed by atoms with Gasteiger partial charge in [-0.3, -0.25) is 4.79 Å². The van der Waals surface area contributed by atoms with E-state index in [1.165, 1.54) is 0 Å². The molecule has 0 aromatic heterocycles. The van der Waals surface area contributed by atoms with Crippen molar-refractivity contribution in [3.63, 3.8) is 0 Å². The molecular formula is C19H23NO3. The van der Waals surface area contributed by atoms with Gasteiger partial charge < -0.3 is 14.4 Å². The van der Waals surface area contributed by atoms with E-state index in [4.69, 9.17) is 9.47 Å². The van der Waals surface area contributed by atoms with Gasteiger partial charge in [0.25, 0.3) is 5.91 Å². The van der Waals surface area contributed by atoms with Gasteiger partial charge >= 0.3 is 0 Å². The van der Waals surface area contributed by atoms with Gasteiger partial charge in [0, 0.05) is 17.8 Å². The molecule has 0 spiro atoms. The highest BCUT2D eigenvalue weighted by Crippen LogP contribution is 2.29. The number of ether oxygens (including phenoxy) is 2. The number of hydrogen-bond donors (Lipinski definition) is 0. The molecule has 0 saturated heterocycles. The molecule has 2 aromatic carbocycles. The van der Waals surface area contributed by atoms with Crippen LogP contribution in [0.1, 0.15) is 28.4 Å². The number of hydrogen-bond acceptors (Lipinski definition) is 3. The van der Waals surface area contributed by atoms with E-state index in [1.54, 1.807) is 37.3 Å². The van der Waals surface area contributed by atoms with Crippen LogP contribution in [-0.2, 0) is 0 Å². The molecular weight excluding hydrogens is 290 g/mol. The van der Waals surface area contributed by atoms with Crippen molar-refractivity contribution in [2.45, 2.75) is 20.8 Å². The Morgan fingerprint density at radius 2 is 1.70 bits per heavy atom. The topological polar surface area (TPSA) is 38.8 Å². The monoisotopic (exact) mass is 313 g/mol. The summed E-state index contributed by atoms with van der Waals surface area (Å²) in [7, 11) is 3.14. The molecule has 4 heteroatoms. The molecule has 0 bridgehead atoms. The van der Waals surface area contributed by atoms with E-state index in [1.807, 2.05) is 39.0 Å².